The van der Waals surface area contributed by atoms with Crippen LogP contribution >= 0.6 is 0 Å². The van der Waals surface area contributed by atoms with Crippen molar-refractivity contribution in [3.8, 4) is 6.07 Å². The first kappa shape index (κ1) is 12.4. The number of nitrogens with zero attached hydrogens (tertiary/aromatic N) is 1. The normalized spacial score (nSPS) is 16.2. The van der Waals surface area contributed by atoms with Gasteiger partial charge in [-0.25, -0.2) is 4.79 Å². The molecule has 1 heterocycles. The standard InChI is InChI=1S/C13H15N3O2/c1-13(8-18-9-13)7-15-12(17)16-11-4-2-10(6-14)3-5-11/h2-5H,7-9H2,1H3,(H2,15,16,17). The summed E-state index contributed by atoms with van der Waals surface area (Å²) in [6.07, 6.45) is 0. The Labute approximate surface area is 106 Å². The molecule has 2 amide bonds. The predicted octanol–water partition coefficient (Wildman–Crippen LogP) is 1.72. The molecule has 0 unspecified atom stereocenters. The zero-order valence-corrected chi connectivity index (χ0v) is 10.2. The van der Waals surface area contributed by atoms with Gasteiger partial charge in [-0.05, 0) is 24.3 Å². The van der Waals surface area contributed by atoms with E-state index < -0.39 is 0 Å². The molecule has 2 N–H and O–H groups in total. The van der Waals surface area contributed by atoms with Crippen molar-refractivity contribution in [2.45, 2.75) is 6.92 Å². The van der Waals surface area contributed by atoms with Gasteiger partial charge in [-0.3, -0.25) is 0 Å². The average molecular weight is 245 g/mol. The van der Waals surface area contributed by atoms with Crippen molar-refractivity contribution in [2.75, 3.05) is 25.1 Å². The lowest BCUT2D eigenvalue weighted by atomic mass is 9.89. The molecule has 0 spiro atoms. The van der Waals surface area contributed by atoms with E-state index in [9.17, 15) is 4.79 Å². The van der Waals surface area contributed by atoms with Crippen LogP contribution in [0.15, 0.2) is 24.3 Å². The molecule has 1 aliphatic heterocycles. The zero-order valence-electron chi connectivity index (χ0n) is 10.2. The van der Waals surface area contributed by atoms with Gasteiger partial charge in [0.25, 0.3) is 0 Å². The molecule has 0 bridgehead atoms. The summed E-state index contributed by atoms with van der Waals surface area (Å²) >= 11 is 0. The van der Waals surface area contributed by atoms with Gasteiger partial charge in [-0.15, -0.1) is 0 Å². The fraction of sp³-hybridized carbons (Fsp3) is 0.385. The van der Waals surface area contributed by atoms with Crippen LogP contribution in [0.3, 0.4) is 0 Å². The van der Waals surface area contributed by atoms with E-state index in [1.807, 2.05) is 6.07 Å². The molecule has 1 aromatic carbocycles. The molecule has 1 saturated heterocycles. The lowest BCUT2D eigenvalue weighted by molar-refractivity contribution is -0.0974. The third-order valence-corrected chi connectivity index (χ3v) is 2.85. The van der Waals surface area contributed by atoms with E-state index in [0.717, 1.165) is 0 Å². The number of nitrogens with one attached hydrogen (secondary N) is 2. The Hall–Kier alpha value is -2.06. The van der Waals surface area contributed by atoms with E-state index in [1.165, 1.54) is 0 Å². The van der Waals surface area contributed by atoms with Gasteiger partial charge in [0.05, 0.1) is 24.8 Å². The quantitative estimate of drug-likeness (QED) is 0.851. The molecule has 18 heavy (non-hydrogen) atoms. The number of benzene rings is 1. The minimum Gasteiger partial charge on any atom is -0.380 e. The van der Waals surface area contributed by atoms with E-state index >= 15 is 0 Å². The van der Waals surface area contributed by atoms with E-state index in [1.54, 1.807) is 24.3 Å². The molecule has 0 atom stereocenters. The predicted molar refractivity (Wildman–Crippen MR) is 67.1 cm³/mol. The van der Waals surface area contributed by atoms with Crippen molar-refractivity contribution in [3.63, 3.8) is 0 Å². The summed E-state index contributed by atoms with van der Waals surface area (Å²) in [5.41, 5.74) is 1.30. The number of hydrogen-bond acceptors (Lipinski definition) is 3. The van der Waals surface area contributed by atoms with Crippen LogP contribution in [0.2, 0.25) is 0 Å². The van der Waals surface area contributed by atoms with E-state index in [2.05, 4.69) is 17.6 Å². The summed E-state index contributed by atoms with van der Waals surface area (Å²) in [5, 5.41) is 14.2. The molecule has 94 valence electrons. The Kier molecular flexibility index (Phi) is 3.49. The van der Waals surface area contributed by atoms with E-state index in [-0.39, 0.29) is 11.4 Å². The molecule has 0 aliphatic carbocycles. The Morgan fingerprint density at radius 2 is 2.11 bits per heavy atom. The van der Waals surface area contributed by atoms with Gasteiger partial charge >= 0.3 is 6.03 Å². The van der Waals surface area contributed by atoms with Crippen LogP contribution in [0.25, 0.3) is 0 Å². The lowest BCUT2D eigenvalue weighted by Crippen LogP contribution is -2.49. The Balaban J connectivity index is 1.81. The number of anilines is 1. The first-order valence-electron chi connectivity index (χ1n) is 5.74. The first-order valence-corrected chi connectivity index (χ1v) is 5.74. The number of urea groups is 1. The second-order valence-electron chi connectivity index (χ2n) is 4.80. The van der Waals surface area contributed by atoms with Gasteiger partial charge in [0, 0.05) is 17.6 Å². The van der Waals surface area contributed by atoms with Gasteiger partial charge in [0.1, 0.15) is 0 Å². The highest BCUT2D eigenvalue weighted by Gasteiger charge is 2.33. The Morgan fingerprint density at radius 3 is 2.61 bits per heavy atom. The van der Waals surface area contributed by atoms with Gasteiger partial charge < -0.3 is 15.4 Å². The summed E-state index contributed by atoms with van der Waals surface area (Å²) in [6.45, 7) is 4.03. The SMILES string of the molecule is CC1(CNC(=O)Nc2ccc(C#N)cc2)COC1. The van der Waals surface area contributed by atoms with Crippen LogP contribution in [-0.4, -0.2) is 25.8 Å². The van der Waals surface area contributed by atoms with Crippen LogP contribution in [0.1, 0.15) is 12.5 Å². The van der Waals surface area contributed by atoms with Crippen molar-refractivity contribution < 1.29 is 9.53 Å². The number of carbonyl (C=O) groups excluding carboxylic acids is 1. The lowest BCUT2D eigenvalue weighted by Gasteiger charge is -2.37. The summed E-state index contributed by atoms with van der Waals surface area (Å²) < 4.78 is 5.11. The van der Waals surface area contributed by atoms with Crippen LogP contribution in [-0.2, 0) is 4.74 Å². The van der Waals surface area contributed by atoms with Crippen LogP contribution in [0.4, 0.5) is 10.5 Å². The molecule has 1 aliphatic rings. The third-order valence-electron chi connectivity index (χ3n) is 2.85. The molecule has 0 saturated carbocycles. The van der Waals surface area contributed by atoms with E-state index in [4.69, 9.17) is 10.00 Å². The molecule has 0 radical (unpaired) electrons. The third kappa shape index (κ3) is 2.99. The topological polar surface area (TPSA) is 74.2 Å². The zero-order chi connectivity index (χ0) is 13.0. The van der Waals surface area contributed by atoms with Crippen molar-refractivity contribution >= 4 is 11.7 Å². The Morgan fingerprint density at radius 1 is 1.44 bits per heavy atom. The van der Waals surface area contributed by atoms with Crippen molar-refractivity contribution in [1.82, 2.24) is 5.32 Å². The second-order valence-corrected chi connectivity index (χ2v) is 4.80. The summed E-state index contributed by atoms with van der Waals surface area (Å²) in [6, 6.07) is 8.51. The number of ether oxygens (including phenoxy) is 1. The number of amides is 2. The molecule has 5 nitrogen and oxygen atoms in total. The summed E-state index contributed by atoms with van der Waals surface area (Å²) in [4.78, 5) is 11.6. The minimum absolute atomic E-state index is 0.0575. The molecular formula is C13H15N3O2. The summed E-state index contributed by atoms with van der Waals surface area (Å²) in [7, 11) is 0. The maximum Gasteiger partial charge on any atom is 0.319 e. The maximum absolute atomic E-state index is 11.6. The molecule has 1 fully saturated rings. The monoisotopic (exact) mass is 245 g/mol. The summed E-state index contributed by atoms with van der Waals surface area (Å²) in [5.74, 6) is 0. The van der Waals surface area contributed by atoms with Gasteiger partial charge in [0.15, 0.2) is 0 Å². The maximum atomic E-state index is 11.6. The molecule has 1 aromatic rings. The first-order chi connectivity index (χ1) is 8.61. The number of nitriles is 1. The van der Waals surface area contributed by atoms with Gasteiger partial charge in [-0.2, -0.15) is 5.26 Å². The smallest absolute Gasteiger partial charge is 0.319 e. The van der Waals surface area contributed by atoms with Crippen molar-refractivity contribution in [1.29, 1.82) is 5.26 Å². The minimum atomic E-state index is -0.243. The van der Waals surface area contributed by atoms with Crippen LogP contribution in [0.5, 0.6) is 0 Å². The molecule has 5 heteroatoms. The van der Waals surface area contributed by atoms with Crippen molar-refractivity contribution in [2.24, 2.45) is 5.41 Å². The van der Waals surface area contributed by atoms with Crippen LogP contribution < -0.4 is 10.6 Å². The highest BCUT2D eigenvalue weighted by atomic mass is 16.5. The highest BCUT2D eigenvalue weighted by molar-refractivity contribution is 5.89. The molecular weight excluding hydrogens is 230 g/mol. The van der Waals surface area contributed by atoms with Gasteiger partial charge in [-0.1, -0.05) is 6.92 Å². The number of rotatable bonds is 3. The number of hydrogen-bond donors (Lipinski definition) is 2. The Bertz CT molecular complexity index is 472. The molecule has 2 rings (SSSR count). The fourth-order valence-electron chi connectivity index (χ4n) is 1.65. The van der Waals surface area contributed by atoms with E-state index in [0.29, 0.717) is 31.0 Å². The average Bonchev–Trinajstić information content (AvgIpc) is 2.35. The highest BCUT2D eigenvalue weighted by Crippen LogP contribution is 2.25. The van der Waals surface area contributed by atoms with Crippen LogP contribution in [0, 0.1) is 16.7 Å². The van der Waals surface area contributed by atoms with Gasteiger partial charge in [0.2, 0.25) is 0 Å². The fourth-order valence-corrected chi connectivity index (χ4v) is 1.65. The number of carbonyl (C=O) groups is 1. The molecule has 0 aromatic heterocycles. The second kappa shape index (κ2) is 5.07. The largest absolute Gasteiger partial charge is 0.380 e. The van der Waals surface area contributed by atoms with Crippen molar-refractivity contribution in [3.05, 3.63) is 29.8 Å².